The van der Waals surface area contributed by atoms with E-state index >= 15 is 0 Å². The molecule has 2 unspecified atom stereocenters. The largest absolute Gasteiger partial charge is 0.353 e. The van der Waals surface area contributed by atoms with Gasteiger partial charge in [-0.1, -0.05) is 0 Å². The van der Waals surface area contributed by atoms with Gasteiger partial charge in [-0.05, 0) is 39.7 Å². The molecule has 0 aliphatic rings. The number of aromatic nitrogens is 2. The van der Waals surface area contributed by atoms with Crippen molar-refractivity contribution in [1.29, 1.82) is 0 Å². The highest BCUT2D eigenvalue weighted by atomic mass is 16.1. The van der Waals surface area contributed by atoms with Gasteiger partial charge in [0, 0.05) is 31.2 Å². The molecule has 0 saturated heterocycles. The molecule has 0 radical (unpaired) electrons. The molecule has 2 atom stereocenters. The number of nitrogens with two attached hydrogens (primary N) is 1. The van der Waals surface area contributed by atoms with Crippen LogP contribution in [0.25, 0.3) is 0 Å². The fraction of sp³-hybridized carbons (Fsp3) is 0.692. The highest BCUT2D eigenvalue weighted by molar-refractivity contribution is 5.76. The van der Waals surface area contributed by atoms with E-state index in [0.717, 1.165) is 17.8 Å². The van der Waals surface area contributed by atoms with E-state index in [-0.39, 0.29) is 18.0 Å². The van der Waals surface area contributed by atoms with E-state index in [1.54, 1.807) is 0 Å². The summed E-state index contributed by atoms with van der Waals surface area (Å²) in [4.78, 5) is 11.6. The molecule has 0 spiro atoms. The standard InChI is InChI=1S/C13H24N4O/c1-8(14)6-13(18)15-9(2)7-12-10(3)16-17(5)11(12)4/h8-9H,6-7,14H2,1-5H3,(H,15,18). The molecule has 0 bridgehead atoms. The van der Waals surface area contributed by atoms with Crippen molar-refractivity contribution in [2.45, 2.75) is 52.6 Å². The molecule has 18 heavy (non-hydrogen) atoms. The minimum atomic E-state index is -0.0981. The molecule has 1 rings (SSSR count). The predicted molar refractivity (Wildman–Crippen MR) is 72.3 cm³/mol. The Kier molecular flexibility index (Phi) is 4.90. The average molecular weight is 252 g/mol. The Bertz CT molecular complexity index is 423. The summed E-state index contributed by atoms with van der Waals surface area (Å²) >= 11 is 0. The van der Waals surface area contributed by atoms with Crippen molar-refractivity contribution in [3.8, 4) is 0 Å². The van der Waals surface area contributed by atoms with Crippen LogP contribution in [0.15, 0.2) is 0 Å². The summed E-state index contributed by atoms with van der Waals surface area (Å²) in [7, 11) is 1.94. The number of aryl methyl sites for hydroxylation is 2. The van der Waals surface area contributed by atoms with E-state index in [9.17, 15) is 4.79 Å². The topological polar surface area (TPSA) is 72.9 Å². The summed E-state index contributed by atoms with van der Waals surface area (Å²) in [6, 6.07) is -0.00286. The molecule has 0 saturated carbocycles. The second kappa shape index (κ2) is 6.00. The first-order valence-electron chi connectivity index (χ1n) is 6.35. The van der Waals surface area contributed by atoms with Gasteiger partial charge in [0.25, 0.3) is 0 Å². The summed E-state index contributed by atoms with van der Waals surface area (Å²) in [5.41, 5.74) is 9.00. The van der Waals surface area contributed by atoms with Gasteiger partial charge in [0.1, 0.15) is 0 Å². The Morgan fingerprint density at radius 3 is 2.50 bits per heavy atom. The molecule has 0 aromatic carbocycles. The Morgan fingerprint density at radius 1 is 1.44 bits per heavy atom. The first-order chi connectivity index (χ1) is 8.31. The van der Waals surface area contributed by atoms with Gasteiger partial charge in [0.05, 0.1) is 5.69 Å². The third-order valence-electron chi connectivity index (χ3n) is 3.08. The Morgan fingerprint density at radius 2 is 2.06 bits per heavy atom. The van der Waals surface area contributed by atoms with Gasteiger partial charge in [-0.2, -0.15) is 5.10 Å². The molecule has 1 aromatic heterocycles. The summed E-state index contributed by atoms with van der Waals surface area (Å²) in [5, 5.41) is 7.34. The number of nitrogens with zero attached hydrogens (tertiary/aromatic N) is 2. The highest BCUT2D eigenvalue weighted by Crippen LogP contribution is 2.14. The van der Waals surface area contributed by atoms with E-state index < -0.39 is 0 Å². The number of nitrogens with one attached hydrogen (secondary N) is 1. The monoisotopic (exact) mass is 252 g/mol. The van der Waals surface area contributed by atoms with Crippen LogP contribution in [0.4, 0.5) is 0 Å². The molecular weight excluding hydrogens is 228 g/mol. The average Bonchev–Trinajstić information content (AvgIpc) is 2.43. The van der Waals surface area contributed by atoms with Crippen molar-refractivity contribution in [3.05, 3.63) is 17.0 Å². The van der Waals surface area contributed by atoms with Crippen molar-refractivity contribution in [2.24, 2.45) is 12.8 Å². The smallest absolute Gasteiger partial charge is 0.221 e. The lowest BCUT2D eigenvalue weighted by molar-refractivity contribution is -0.121. The molecule has 0 aliphatic carbocycles. The van der Waals surface area contributed by atoms with Gasteiger partial charge in [-0.15, -0.1) is 0 Å². The van der Waals surface area contributed by atoms with Crippen LogP contribution in [0.5, 0.6) is 0 Å². The molecule has 5 nitrogen and oxygen atoms in total. The van der Waals surface area contributed by atoms with E-state index in [1.807, 2.05) is 39.4 Å². The van der Waals surface area contributed by atoms with Gasteiger partial charge in [-0.25, -0.2) is 0 Å². The van der Waals surface area contributed by atoms with Crippen LogP contribution in [0, 0.1) is 13.8 Å². The van der Waals surface area contributed by atoms with E-state index in [4.69, 9.17) is 5.73 Å². The highest BCUT2D eigenvalue weighted by Gasteiger charge is 2.15. The van der Waals surface area contributed by atoms with Crippen molar-refractivity contribution in [1.82, 2.24) is 15.1 Å². The molecule has 5 heteroatoms. The summed E-state index contributed by atoms with van der Waals surface area (Å²) in [5.74, 6) is 0.0108. The van der Waals surface area contributed by atoms with Gasteiger partial charge >= 0.3 is 0 Å². The number of carbonyl (C=O) groups is 1. The van der Waals surface area contributed by atoms with Crippen LogP contribution >= 0.6 is 0 Å². The minimum Gasteiger partial charge on any atom is -0.353 e. The third kappa shape index (κ3) is 3.84. The zero-order chi connectivity index (χ0) is 13.9. The number of hydrogen-bond acceptors (Lipinski definition) is 3. The maximum absolute atomic E-state index is 11.6. The molecule has 1 heterocycles. The molecule has 0 fully saturated rings. The fourth-order valence-corrected chi connectivity index (χ4v) is 2.10. The number of amides is 1. The maximum Gasteiger partial charge on any atom is 0.221 e. The minimum absolute atomic E-state index is 0.0108. The van der Waals surface area contributed by atoms with Crippen LogP contribution in [-0.4, -0.2) is 27.8 Å². The SMILES string of the molecule is Cc1nn(C)c(C)c1CC(C)NC(=O)CC(C)N. The quantitative estimate of drug-likeness (QED) is 0.815. The summed E-state index contributed by atoms with van der Waals surface area (Å²) in [6.45, 7) is 7.88. The lowest BCUT2D eigenvalue weighted by atomic mass is 10.1. The second-order valence-electron chi connectivity index (χ2n) is 5.13. The van der Waals surface area contributed by atoms with E-state index in [2.05, 4.69) is 10.4 Å². The Hall–Kier alpha value is -1.36. The van der Waals surface area contributed by atoms with Crippen LogP contribution in [0.1, 0.15) is 37.2 Å². The van der Waals surface area contributed by atoms with Crippen LogP contribution in [0.2, 0.25) is 0 Å². The summed E-state index contributed by atoms with van der Waals surface area (Å²) in [6.07, 6.45) is 1.17. The molecular formula is C13H24N4O. The van der Waals surface area contributed by atoms with Gasteiger partial charge in [0.2, 0.25) is 5.91 Å². The molecule has 3 N–H and O–H groups in total. The number of rotatable bonds is 5. The van der Waals surface area contributed by atoms with E-state index in [1.165, 1.54) is 5.56 Å². The first-order valence-corrected chi connectivity index (χ1v) is 6.35. The number of carbonyl (C=O) groups excluding carboxylic acids is 1. The number of hydrogen-bond donors (Lipinski definition) is 2. The van der Waals surface area contributed by atoms with Gasteiger partial charge < -0.3 is 11.1 Å². The summed E-state index contributed by atoms with van der Waals surface area (Å²) < 4.78 is 1.88. The lowest BCUT2D eigenvalue weighted by Gasteiger charge is -2.15. The van der Waals surface area contributed by atoms with Crippen LogP contribution in [0.3, 0.4) is 0 Å². The van der Waals surface area contributed by atoms with Crippen molar-refractivity contribution in [2.75, 3.05) is 0 Å². The van der Waals surface area contributed by atoms with Crippen molar-refractivity contribution in [3.63, 3.8) is 0 Å². The normalized spacial score (nSPS) is 14.3. The Labute approximate surface area is 109 Å². The molecule has 102 valence electrons. The fourth-order valence-electron chi connectivity index (χ4n) is 2.10. The lowest BCUT2D eigenvalue weighted by Crippen LogP contribution is -2.37. The van der Waals surface area contributed by atoms with Gasteiger partial charge in [0.15, 0.2) is 0 Å². The maximum atomic E-state index is 11.6. The predicted octanol–water partition coefficient (Wildman–Crippen LogP) is 0.821. The molecule has 1 amide bonds. The second-order valence-corrected chi connectivity index (χ2v) is 5.13. The molecule has 1 aromatic rings. The zero-order valence-corrected chi connectivity index (χ0v) is 11.9. The first kappa shape index (κ1) is 14.7. The van der Waals surface area contributed by atoms with Crippen molar-refractivity contribution >= 4 is 5.91 Å². The van der Waals surface area contributed by atoms with Crippen LogP contribution in [-0.2, 0) is 18.3 Å². The van der Waals surface area contributed by atoms with Gasteiger partial charge in [-0.3, -0.25) is 9.48 Å². The Balaban J connectivity index is 2.59. The van der Waals surface area contributed by atoms with Crippen molar-refractivity contribution < 1.29 is 4.79 Å². The molecule has 0 aliphatic heterocycles. The van der Waals surface area contributed by atoms with Crippen LogP contribution < -0.4 is 11.1 Å². The van der Waals surface area contributed by atoms with E-state index in [0.29, 0.717) is 6.42 Å². The zero-order valence-electron chi connectivity index (χ0n) is 11.9. The third-order valence-corrected chi connectivity index (χ3v) is 3.08.